The summed E-state index contributed by atoms with van der Waals surface area (Å²) in [5.41, 5.74) is 6.34. The van der Waals surface area contributed by atoms with Crippen LogP contribution in [0.1, 0.15) is 13.3 Å². The molecule has 0 radical (unpaired) electrons. The Balaban J connectivity index is 3.70. The highest BCUT2D eigenvalue weighted by molar-refractivity contribution is 5.94. The molecular formula is C7H14N2. The topological polar surface area (TPSA) is 38.4 Å². The Hall–Kier alpha value is -0.630. The van der Waals surface area contributed by atoms with Gasteiger partial charge < -0.3 is 5.73 Å². The Labute approximate surface area is 56.5 Å². The average Bonchev–Trinajstić information content (AvgIpc) is 1.91. The van der Waals surface area contributed by atoms with Crippen molar-refractivity contribution in [2.24, 2.45) is 10.7 Å². The van der Waals surface area contributed by atoms with E-state index in [0.29, 0.717) is 6.54 Å². The van der Waals surface area contributed by atoms with E-state index in [2.05, 4.69) is 11.9 Å². The van der Waals surface area contributed by atoms with E-state index in [1.807, 2.05) is 12.2 Å². The molecule has 0 bridgehead atoms. The summed E-state index contributed by atoms with van der Waals surface area (Å²) < 4.78 is 0. The SMILES string of the molecule is CCC(/C=C\CN)=NC. The first-order valence-electron chi connectivity index (χ1n) is 3.17. The zero-order chi connectivity index (χ0) is 7.11. The minimum absolute atomic E-state index is 0.596. The first kappa shape index (κ1) is 8.37. The van der Waals surface area contributed by atoms with Gasteiger partial charge in [0.2, 0.25) is 0 Å². The molecule has 2 nitrogen and oxygen atoms in total. The molecule has 0 spiro atoms. The third kappa shape index (κ3) is 3.91. The van der Waals surface area contributed by atoms with Crippen molar-refractivity contribution in [1.29, 1.82) is 0 Å². The van der Waals surface area contributed by atoms with E-state index >= 15 is 0 Å². The van der Waals surface area contributed by atoms with Gasteiger partial charge in [0.1, 0.15) is 0 Å². The lowest BCUT2D eigenvalue weighted by Gasteiger charge is -1.90. The molecular weight excluding hydrogens is 112 g/mol. The summed E-state index contributed by atoms with van der Waals surface area (Å²) in [6.45, 7) is 2.67. The fraction of sp³-hybridized carbons (Fsp3) is 0.571. The van der Waals surface area contributed by atoms with Crippen molar-refractivity contribution < 1.29 is 0 Å². The van der Waals surface area contributed by atoms with E-state index in [0.717, 1.165) is 12.1 Å². The zero-order valence-electron chi connectivity index (χ0n) is 6.09. The molecule has 0 aromatic rings. The Morgan fingerprint density at radius 2 is 2.33 bits per heavy atom. The van der Waals surface area contributed by atoms with Crippen molar-refractivity contribution in [2.75, 3.05) is 13.6 Å². The summed E-state index contributed by atoms with van der Waals surface area (Å²) in [5, 5.41) is 0. The Bertz CT molecular complexity index is 114. The number of hydrogen-bond acceptors (Lipinski definition) is 2. The van der Waals surface area contributed by atoms with Crippen molar-refractivity contribution in [3.8, 4) is 0 Å². The molecule has 0 rings (SSSR count). The Morgan fingerprint density at radius 1 is 1.67 bits per heavy atom. The molecule has 52 valence electrons. The molecule has 0 aliphatic carbocycles. The second-order valence-electron chi connectivity index (χ2n) is 1.71. The fourth-order valence-electron chi connectivity index (χ4n) is 0.555. The standard InChI is InChI=1S/C7H14N2/c1-3-7(9-2)5-4-6-8/h4-5H,3,6,8H2,1-2H3/b5-4-,9-7?. The van der Waals surface area contributed by atoms with Crippen molar-refractivity contribution in [3.63, 3.8) is 0 Å². The smallest absolute Gasteiger partial charge is 0.0339 e. The first-order valence-corrected chi connectivity index (χ1v) is 3.17. The van der Waals surface area contributed by atoms with Crippen LogP contribution < -0.4 is 5.73 Å². The highest BCUT2D eigenvalue weighted by Gasteiger charge is 1.83. The van der Waals surface area contributed by atoms with Crippen molar-refractivity contribution in [2.45, 2.75) is 13.3 Å². The molecule has 2 heteroatoms. The molecule has 0 fully saturated rings. The first-order chi connectivity index (χ1) is 4.35. The molecule has 0 aromatic carbocycles. The quantitative estimate of drug-likeness (QED) is 0.562. The summed E-state index contributed by atoms with van der Waals surface area (Å²) in [7, 11) is 1.79. The lowest BCUT2D eigenvalue weighted by atomic mass is 10.3. The van der Waals surface area contributed by atoms with Crippen molar-refractivity contribution in [1.82, 2.24) is 0 Å². The summed E-state index contributed by atoms with van der Waals surface area (Å²) >= 11 is 0. The molecule has 0 aromatic heterocycles. The lowest BCUT2D eigenvalue weighted by molar-refractivity contribution is 1.23. The van der Waals surface area contributed by atoms with Gasteiger partial charge in [0.25, 0.3) is 0 Å². The third-order valence-electron chi connectivity index (χ3n) is 1.10. The van der Waals surface area contributed by atoms with Crippen LogP contribution >= 0.6 is 0 Å². The van der Waals surface area contributed by atoms with Gasteiger partial charge in [-0.2, -0.15) is 0 Å². The molecule has 0 saturated heterocycles. The van der Waals surface area contributed by atoms with E-state index in [1.54, 1.807) is 7.05 Å². The molecule has 0 aliphatic rings. The van der Waals surface area contributed by atoms with Crippen LogP contribution in [0.25, 0.3) is 0 Å². The largest absolute Gasteiger partial charge is 0.327 e. The van der Waals surface area contributed by atoms with Gasteiger partial charge in [-0.25, -0.2) is 0 Å². The number of hydrogen-bond donors (Lipinski definition) is 1. The molecule has 0 atom stereocenters. The number of allylic oxidation sites excluding steroid dienone is 1. The number of aliphatic imine (C=N–C) groups is 1. The van der Waals surface area contributed by atoms with E-state index in [-0.39, 0.29) is 0 Å². The summed E-state index contributed by atoms with van der Waals surface area (Å²) in [5.74, 6) is 0. The molecule has 0 amide bonds. The van der Waals surface area contributed by atoms with E-state index in [4.69, 9.17) is 5.73 Å². The van der Waals surface area contributed by atoms with E-state index < -0.39 is 0 Å². The maximum Gasteiger partial charge on any atom is 0.0339 e. The van der Waals surface area contributed by atoms with Crippen LogP contribution in [-0.4, -0.2) is 19.3 Å². The second kappa shape index (κ2) is 5.51. The van der Waals surface area contributed by atoms with E-state index in [9.17, 15) is 0 Å². The maximum absolute atomic E-state index is 5.24. The van der Waals surface area contributed by atoms with Gasteiger partial charge in [-0.05, 0) is 12.5 Å². The minimum Gasteiger partial charge on any atom is -0.327 e. The average molecular weight is 126 g/mol. The second-order valence-corrected chi connectivity index (χ2v) is 1.71. The Kier molecular flexibility index (Phi) is 5.12. The number of nitrogens with zero attached hydrogens (tertiary/aromatic N) is 1. The van der Waals surface area contributed by atoms with Gasteiger partial charge in [-0.15, -0.1) is 0 Å². The van der Waals surface area contributed by atoms with Gasteiger partial charge in [-0.1, -0.05) is 13.0 Å². The van der Waals surface area contributed by atoms with Crippen LogP contribution in [0, 0.1) is 0 Å². The molecule has 0 aliphatic heterocycles. The van der Waals surface area contributed by atoms with Crippen LogP contribution in [-0.2, 0) is 0 Å². The van der Waals surface area contributed by atoms with E-state index in [1.165, 1.54) is 0 Å². The maximum atomic E-state index is 5.24. The zero-order valence-corrected chi connectivity index (χ0v) is 6.09. The normalized spacial score (nSPS) is 13.0. The summed E-state index contributed by atoms with van der Waals surface area (Å²) in [4.78, 5) is 4.02. The van der Waals surface area contributed by atoms with Gasteiger partial charge in [-0.3, -0.25) is 4.99 Å². The predicted molar refractivity (Wildman–Crippen MR) is 41.8 cm³/mol. The number of nitrogens with two attached hydrogens (primary N) is 1. The number of rotatable bonds is 3. The molecule has 2 N–H and O–H groups in total. The monoisotopic (exact) mass is 126 g/mol. The highest BCUT2D eigenvalue weighted by atomic mass is 14.7. The molecule has 9 heavy (non-hydrogen) atoms. The van der Waals surface area contributed by atoms with Crippen LogP contribution in [0.3, 0.4) is 0 Å². The van der Waals surface area contributed by atoms with Gasteiger partial charge in [0.15, 0.2) is 0 Å². The van der Waals surface area contributed by atoms with Gasteiger partial charge in [0.05, 0.1) is 0 Å². The Morgan fingerprint density at radius 3 is 2.67 bits per heavy atom. The minimum atomic E-state index is 0.596. The van der Waals surface area contributed by atoms with Crippen LogP contribution in [0.15, 0.2) is 17.1 Å². The lowest BCUT2D eigenvalue weighted by Crippen LogP contribution is -1.96. The molecule has 0 heterocycles. The van der Waals surface area contributed by atoms with Crippen LogP contribution in [0.2, 0.25) is 0 Å². The predicted octanol–water partition coefficient (Wildman–Crippen LogP) is 0.982. The van der Waals surface area contributed by atoms with Crippen LogP contribution in [0.5, 0.6) is 0 Å². The third-order valence-corrected chi connectivity index (χ3v) is 1.10. The summed E-state index contributed by atoms with van der Waals surface area (Å²) in [6.07, 6.45) is 4.85. The highest BCUT2D eigenvalue weighted by Crippen LogP contribution is 1.85. The fourth-order valence-corrected chi connectivity index (χ4v) is 0.555. The van der Waals surface area contributed by atoms with Gasteiger partial charge >= 0.3 is 0 Å². The summed E-state index contributed by atoms with van der Waals surface area (Å²) in [6, 6.07) is 0. The van der Waals surface area contributed by atoms with Crippen molar-refractivity contribution >= 4 is 5.71 Å². The molecule has 0 unspecified atom stereocenters. The van der Waals surface area contributed by atoms with Crippen molar-refractivity contribution in [3.05, 3.63) is 12.2 Å². The van der Waals surface area contributed by atoms with Crippen LogP contribution in [0.4, 0.5) is 0 Å². The molecule has 0 saturated carbocycles. The van der Waals surface area contributed by atoms with Gasteiger partial charge in [0, 0.05) is 19.3 Å².